The van der Waals surface area contributed by atoms with E-state index in [1.807, 2.05) is 0 Å². The van der Waals surface area contributed by atoms with Gasteiger partial charge in [-0.15, -0.1) is 0 Å². The van der Waals surface area contributed by atoms with Crippen LogP contribution in [0.3, 0.4) is 0 Å². The van der Waals surface area contributed by atoms with Gasteiger partial charge in [0.15, 0.2) is 26.5 Å². The Hall–Kier alpha value is -3.04. The molecule has 0 bridgehead atoms. The average Bonchev–Trinajstić information content (AvgIpc) is 3.26. The molecule has 3 aromatic heterocycles. The number of halogens is 9. The fourth-order valence-electron chi connectivity index (χ4n) is 2.90. The fourth-order valence-corrected chi connectivity index (χ4v) is 4.05. The molecule has 16 heteroatoms. The molecule has 3 rings (SSSR count). The van der Waals surface area contributed by atoms with E-state index in [2.05, 4.69) is 9.97 Å². The quantitative estimate of drug-likeness (QED) is 0.442. The van der Waals surface area contributed by atoms with Gasteiger partial charge >= 0.3 is 18.3 Å². The first kappa shape index (κ1) is 25.6. The van der Waals surface area contributed by atoms with E-state index >= 15 is 0 Å². The minimum atomic E-state index is -6.21. The second-order valence-corrected chi connectivity index (χ2v) is 9.14. The van der Waals surface area contributed by atoms with Crippen LogP contribution >= 0.6 is 0 Å². The van der Waals surface area contributed by atoms with Gasteiger partial charge in [-0.1, -0.05) is 6.92 Å². The Morgan fingerprint density at radius 2 is 1.71 bits per heavy atom. The molecule has 0 saturated carbocycles. The lowest BCUT2D eigenvalue weighted by molar-refractivity contribution is -0.269. The Labute approximate surface area is 185 Å². The number of hydrogen-bond acceptors (Lipinski definition) is 4. The van der Waals surface area contributed by atoms with Gasteiger partial charge in [0.05, 0.1) is 23.2 Å². The second kappa shape index (κ2) is 8.02. The van der Waals surface area contributed by atoms with Crippen LogP contribution in [-0.2, 0) is 23.1 Å². The lowest BCUT2D eigenvalue weighted by atomic mass is 10.2. The minimum Gasteiger partial charge on any atom is -0.326 e. The number of aromatic nitrogens is 4. The molecule has 34 heavy (non-hydrogen) atoms. The van der Waals surface area contributed by atoms with E-state index in [-0.39, 0.29) is 11.7 Å². The maximum atomic E-state index is 13.7. The average molecular weight is 520 g/mol. The second-order valence-electron chi connectivity index (χ2n) is 6.94. The van der Waals surface area contributed by atoms with Gasteiger partial charge in [-0.25, -0.2) is 22.8 Å². The molecule has 0 spiro atoms. The van der Waals surface area contributed by atoms with Gasteiger partial charge in [0, 0.05) is 19.3 Å². The molecule has 6 nitrogen and oxygen atoms in total. The van der Waals surface area contributed by atoms with Crippen LogP contribution in [0, 0.1) is 0 Å². The number of pyridine rings is 1. The first-order valence-electron chi connectivity index (χ1n) is 9.08. The molecular formula is C18H13F9N4O2S. The van der Waals surface area contributed by atoms with Crippen LogP contribution in [0.2, 0.25) is 0 Å². The van der Waals surface area contributed by atoms with Gasteiger partial charge in [0.25, 0.3) is 0 Å². The molecule has 0 saturated heterocycles. The van der Waals surface area contributed by atoms with E-state index in [9.17, 15) is 47.9 Å². The van der Waals surface area contributed by atoms with Crippen molar-refractivity contribution in [1.82, 2.24) is 18.9 Å². The maximum Gasteiger partial charge on any atom is 0.460 e. The topological polar surface area (TPSA) is 69.3 Å². The zero-order chi connectivity index (χ0) is 25.9. The van der Waals surface area contributed by atoms with Crippen molar-refractivity contribution < 1.29 is 47.9 Å². The number of allylic oxidation sites excluding steroid dienone is 1. The van der Waals surface area contributed by atoms with Crippen LogP contribution in [0.5, 0.6) is 0 Å². The highest BCUT2D eigenvalue weighted by atomic mass is 32.2. The van der Waals surface area contributed by atoms with Gasteiger partial charge in [-0.05, 0) is 12.1 Å². The molecule has 0 radical (unpaired) electrons. The van der Waals surface area contributed by atoms with Crippen molar-refractivity contribution >= 4 is 21.6 Å². The van der Waals surface area contributed by atoms with Crippen molar-refractivity contribution in [2.45, 2.75) is 30.2 Å². The van der Waals surface area contributed by atoms with Crippen molar-refractivity contribution in [3.63, 3.8) is 0 Å². The Morgan fingerprint density at radius 3 is 2.24 bits per heavy atom. The number of nitrogens with zero attached hydrogens (tertiary/aromatic N) is 4. The maximum absolute atomic E-state index is 13.7. The molecule has 0 amide bonds. The van der Waals surface area contributed by atoms with Crippen molar-refractivity contribution in [2.24, 2.45) is 7.05 Å². The third-order valence-corrected chi connectivity index (χ3v) is 6.48. The number of imidazole rings is 2. The van der Waals surface area contributed by atoms with E-state index in [4.69, 9.17) is 0 Å². The van der Waals surface area contributed by atoms with Crippen LogP contribution in [0.15, 0.2) is 35.4 Å². The van der Waals surface area contributed by atoms with E-state index in [0.717, 1.165) is 17.7 Å². The van der Waals surface area contributed by atoms with Crippen LogP contribution in [-0.4, -0.2) is 45.2 Å². The molecule has 186 valence electrons. The summed E-state index contributed by atoms with van der Waals surface area (Å²) in [6.07, 6.45) is -10.0. The summed E-state index contributed by atoms with van der Waals surface area (Å²) >= 11 is 0. The monoisotopic (exact) mass is 520 g/mol. The molecule has 3 heterocycles. The lowest BCUT2D eigenvalue weighted by Gasteiger charge is -2.17. The SMILES string of the molecule is CCS(=O)(=O)c1c(-c2ncc(/C=C(/F)C(F)(F)C(F)(F)F)n2C)nc2ccc(C(F)(F)F)cn12. The Kier molecular flexibility index (Phi) is 6.04. The number of fused-ring (bicyclic) bond motifs is 1. The number of sulfone groups is 1. The number of rotatable bonds is 5. The summed E-state index contributed by atoms with van der Waals surface area (Å²) in [7, 11) is -3.23. The van der Waals surface area contributed by atoms with Gasteiger partial charge < -0.3 is 4.57 Å². The van der Waals surface area contributed by atoms with Crippen molar-refractivity contribution in [1.29, 1.82) is 0 Å². The highest BCUT2D eigenvalue weighted by Crippen LogP contribution is 2.42. The first-order valence-corrected chi connectivity index (χ1v) is 10.7. The predicted octanol–water partition coefficient (Wildman–Crippen LogP) is 5.06. The van der Waals surface area contributed by atoms with Gasteiger partial charge in [-0.2, -0.15) is 35.1 Å². The molecule has 0 aliphatic heterocycles. The first-order chi connectivity index (χ1) is 15.4. The molecule has 0 N–H and O–H groups in total. The Balaban J connectivity index is 2.26. The molecule has 0 atom stereocenters. The van der Waals surface area contributed by atoms with Crippen molar-refractivity contribution in [2.75, 3.05) is 5.75 Å². The highest BCUT2D eigenvalue weighted by Gasteiger charge is 2.61. The van der Waals surface area contributed by atoms with Crippen molar-refractivity contribution in [3.05, 3.63) is 41.6 Å². The van der Waals surface area contributed by atoms with Crippen LogP contribution < -0.4 is 0 Å². The van der Waals surface area contributed by atoms with E-state index in [1.54, 1.807) is 0 Å². The zero-order valence-electron chi connectivity index (χ0n) is 17.0. The largest absolute Gasteiger partial charge is 0.460 e. The normalized spacial score (nSPS) is 14.3. The molecule has 0 aliphatic carbocycles. The summed E-state index contributed by atoms with van der Waals surface area (Å²) < 4.78 is 144. The molecule has 3 aromatic rings. The minimum absolute atomic E-state index is 0.143. The highest BCUT2D eigenvalue weighted by molar-refractivity contribution is 7.91. The predicted molar refractivity (Wildman–Crippen MR) is 100 cm³/mol. The molecule has 0 fully saturated rings. The molecule has 0 aromatic carbocycles. The van der Waals surface area contributed by atoms with Gasteiger partial charge in [0.2, 0.25) is 0 Å². The van der Waals surface area contributed by atoms with E-state index in [0.29, 0.717) is 22.9 Å². The number of alkyl halides is 8. The van der Waals surface area contributed by atoms with Crippen LogP contribution in [0.25, 0.3) is 23.2 Å². The van der Waals surface area contributed by atoms with Crippen molar-refractivity contribution in [3.8, 4) is 11.5 Å². The lowest BCUT2D eigenvalue weighted by Crippen LogP contribution is -2.36. The summed E-state index contributed by atoms with van der Waals surface area (Å²) in [6.45, 7) is 1.20. The third-order valence-electron chi connectivity index (χ3n) is 4.74. The van der Waals surface area contributed by atoms with Crippen LogP contribution in [0.1, 0.15) is 18.2 Å². The summed E-state index contributed by atoms with van der Waals surface area (Å²) in [5.41, 5.74) is -2.57. The van der Waals surface area contributed by atoms with E-state index in [1.165, 1.54) is 6.92 Å². The van der Waals surface area contributed by atoms with Gasteiger partial charge in [0.1, 0.15) is 11.3 Å². The van der Waals surface area contributed by atoms with Gasteiger partial charge in [-0.3, -0.25) is 4.40 Å². The summed E-state index contributed by atoms with van der Waals surface area (Å²) in [6, 6.07) is 1.53. The Morgan fingerprint density at radius 1 is 1.09 bits per heavy atom. The van der Waals surface area contributed by atoms with Crippen LogP contribution in [0.4, 0.5) is 39.5 Å². The summed E-state index contributed by atoms with van der Waals surface area (Å²) in [5, 5.41) is -0.721. The summed E-state index contributed by atoms with van der Waals surface area (Å²) in [5.74, 6) is -9.65. The third kappa shape index (κ3) is 4.25. The molecule has 0 aliphatic rings. The molecule has 0 unspecified atom stereocenters. The summed E-state index contributed by atoms with van der Waals surface area (Å²) in [4.78, 5) is 7.67. The smallest absolute Gasteiger partial charge is 0.326 e. The number of hydrogen-bond donors (Lipinski definition) is 0. The van der Waals surface area contributed by atoms with E-state index < -0.39 is 67.5 Å². The fraction of sp³-hybridized carbons (Fsp3) is 0.333. The Bertz CT molecular complexity index is 1380. The molecular weight excluding hydrogens is 507 g/mol. The zero-order valence-corrected chi connectivity index (χ0v) is 17.8. The standard InChI is InChI=1S/C18H13F9N4O2S/c1-3-34(32,33)15-13(29-12-5-4-9(8-31(12)15)17(22,23)24)14-28-7-10(30(14)2)6-11(19)16(20,21)18(25,26)27/h4-8H,3H2,1-2H3/b11-6+.